The van der Waals surface area contributed by atoms with Crippen LogP contribution in [0.25, 0.3) is 0 Å². The van der Waals surface area contributed by atoms with E-state index in [4.69, 9.17) is 5.73 Å². The molecule has 2 rings (SSSR count). The molecule has 2 atom stereocenters. The van der Waals surface area contributed by atoms with Crippen molar-refractivity contribution in [2.24, 2.45) is 5.73 Å². The normalized spacial score (nSPS) is 21.1. The van der Waals surface area contributed by atoms with E-state index in [1.165, 1.54) is 5.56 Å². The fraction of sp³-hybridized carbons (Fsp3) is 0.533. The number of carbonyl (C=O) groups is 1. The highest BCUT2D eigenvalue weighted by Crippen LogP contribution is 2.25. The van der Waals surface area contributed by atoms with Crippen LogP contribution in [0, 0.1) is 0 Å². The maximum Gasteiger partial charge on any atom is 0.224 e. The minimum Gasteiger partial charge on any atom is -0.333 e. The molecular weight excluding hydrogens is 274 g/mol. The highest BCUT2D eigenvalue weighted by atomic mass is 35.5. The lowest BCUT2D eigenvalue weighted by Gasteiger charge is -2.40. The molecule has 0 aliphatic carbocycles. The number of nitrogens with zero attached hydrogens (tertiary/aromatic N) is 2. The third-order valence-corrected chi connectivity index (χ3v) is 3.58. The molecule has 0 spiro atoms. The summed E-state index contributed by atoms with van der Waals surface area (Å²) in [6.45, 7) is 4.47. The average molecular weight is 298 g/mol. The van der Waals surface area contributed by atoms with Crippen LogP contribution in [0.4, 0.5) is 0 Å². The van der Waals surface area contributed by atoms with E-state index in [1.54, 1.807) is 0 Å². The number of amides is 1. The van der Waals surface area contributed by atoms with Crippen LogP contribution in [-0.2, 0) is 4.79 Å². The van der Waals surface area contributed by atoms with Crippen LogP contribution in [0.15, 0.2) is 30.3 Å². The van der Waals surface area contributed by atoms with Gasteiger partial charge in [-0.3, -0.25) is 4.79 Å². The minimum atomic E-state index is -0.0800. The lowest BCUT2D eigenvalue weighted by atomic mass is 10.0. The van der Waals surface area contributed by atoms with Crippen LogP contribution in [-0.4, -0.2) is 48.4 Å². The first kappa shape index (κ1) is 17.0. The number of halogens is 1. The van der Waals surface area contributed by atoms with Gasteiger partial charge in [-0.05, 0) is 19.5 Å². The molecule has 0 saturated carbocycles. The molecule has 1 saturated heterocycles. The van der Waals surface area contributed by atoms with Crippen LogP contribution >= 0.6 is 12.4 Å². The molecule has 1 amide bonds. The molecule has 2 N–H and O–H groups in total. The van der Waals surface area contributed by atoms with E-state index in [0.717, 1.165) is 19.6 Å². The van der Waals surface area contributed by atoms with E-state index in [2.05, 4.69) is 24.1 Å². The van der Waals surface area contributed by atoms with Crippen molar-refractivity contribution >= 4 is 18.3 Å². The Morgan fingerprint density at radius 1 is 1.35 bits per heavy atom. The number of hydrogen-bond acceptors (Lipinski definition) is 3. The summed E-state index contributed by atoms with van der Waals surface area (Å²) in [5.41, 5.74) is 6.95. The standard InChI is InChI=1S/C15H23N3O.ClH/c1-12(16)10-15(19)18-9-8-17(2)11-14(18)13-6-4-3-5-7-13;/h3-7,12,14H,8-11,16H2,1-2H3;1H. The van der Waals surface area contributed by atoms with Crippen molar-refractivity contribution in [3.63, 3.8) is 0 Å². The summed E-state index contributed by atoms with van der Waals surface area (Å²) in [5.74, 6) is 0.164. The lowest BCUT2D eigenvalue weighted by Crippen LogP contribution is -2.50. The van der Waals surface area contributed by atoms with Crippen molar-refractivity contribution in [1.29, 1.82) is 0 Å². The van der Waals surface area contributed by atoms with E-state index in [-0.39, 0.29) is 30.4 Å². The molecule has 0 bridgehead atoms. The van der Waals surface area contributed by atoms with Crippen LogP contribution in [0.1, 0.15) is 24.9 Å². The second kappa shape index (κ2) is 7.62. The first-order valence-electron chi connectivity index (χ1n) is 6.86. The Balaban J connectivity index is 0.00000200. The Morgan fingerprint density at radius 3 is 2.60 bits per heavy atom. The van der Waals surface area contributed by atoms with Crippen molar-refractivity contribution < 1.29 is 4.79 Å². The molecule has 1 aliphatic rings. The monoisotopic (exact) mass is 297 g/mol. The maximum absolute atomic E-state index is 12.3. The first-order valence-corrected chi connectivity index (χ1v) is 6.86. The Kier molecular flexibility index (Phi) is 6.46. The molecule has 1 aliphatic heterocycles. The molecule has 20 heavy (non-hydrogen) atoms. The Morgan fingerprint density at radius 2 is 2.00 bits per heavy atom. The molecule has 0 radical (unpaired) electrons. The zero-order valence-electron chi connectivity index (χ0n) is 12.2. The lowest BCUT2D eigenvalue weighted by molar-refractivity contribution is -0.136. The average Bonchev–Trinajstić information content (AvgIpc) is 2.38. The number of rotatable bonds is 3. The van der Waals surface area contributed by atoms with Crippen molar-refractivity contribution in [2.45, 2.75) is 25.4 Å². The molecule has 0 aromatic heterocycles. The predicted octanol–water partition coefficient (Wildman–Crippen LogP) is 1.66. The van der Waals surface area contributed by atoms with Gasteiger partial charge in [-0.2, -0.15) is 0 Å². The van der Waals surface area contributed by atoms with Gasteiger partial charge in [-0.15, -0.1) is 12.4 Å². The molecule has 4 nitrogen and oxygen atoms in total. The van der Waals surface area contributed by atoms with Crippen molar-refractivity contribution in [3.05, 3.63) is 35.9 Å². The van der Waals surface area contributed by atoms with Crippen LogP contribution < -0.4 is 5.73 Å². The number of carbonyl (C=O) groups excluding carboxylic acids is 1. The quantitative estimate of drug-likeness (QED) is 0.923. The highest BCUT2D eigenvalue weighted by Gasteiger charge is 2.30. The molecule has 1 aromatic rings. The van der Waals surface area contributed by atoms with Gasteiger partial charge < -0.3 is 15.5 Å². The Hall–Kier alpha value is -1.10. The fourth-order valence-electron chi connectivity index (χ4n) is 2.57. The highest BCUT2D eigenvalue weighted by molar-refractivity contribution is 5.85. The van der Waals surface area contributed by atoms with E-state index in [9.17, 15) is 4.79 Å². The van der Waals surface area contributed by atoms with Gasteiger partial charge in [-0.1, -0.05) is 30.3 Å². The molecule has 2 unspecified atom stereocenters. The molecule has 5 heteroatoms. The molecule has 1 aromatic carbocycles. The van der Waals surface area contributed by atoms with Gasteiger partial charge in [-0.25, -0.2) is 0 Å². The summed E-state index contributed by atoms with van der Waals surface area (Å²) in [7, 11) is 2.10. The zero-order chi connectivity index (χ0) is 13.8. The third-order valence-electron chi connectivity index (χ3n) is 3.58. The topological polar surface area (TPSA) is 49.6 Å². The van der Waals surface area contributed by atoms with Crippen molar-refractivity contribution in [3.8, 4) is 0 Å². The van der Waals surface area contributed by atoms with Gasteiger partial charge in [0.2, 0.25) is 5.91 Å². The predicted molar refractivity (Wildman–Crippen MR) is 83.9 cm³/mol. The summed E-state index contributed by atoms with van der Waals surface area (Å²) in [4.78, 5) is 16.6. The number of nitrogens with two attached hydrogens (primary N) is 1. The maximum atomic E-state index is 12.3. The number of piperazine rings is 1. The van der Waals surface area contributed by atoms with Crippen LogP contribution in [0.5, 0.6) is 0 Å². The van der Waals surface area contributed by atoms with E-state index in [1.807, 2.05) is 30.0 Å². The summed E-state index contributed by atoms with van der Waals surface area (Å²) >= 11 is 0. The SMILES string of the molecule is CC(N)CC(=O)N1CCN(C)CC1c1ccccc1.Cl. The summed E-state index contributed by atoms with van der Waals surface area (Å²) in [6, 6.07) is 10.3. The van der Waals surface area contributed by atoms with Gasteiger partial charge in [0.15, 0.2) is 0 Å². The third kappa shape index (κ3) is 4.20. The zero-order valence-corrected chi connectivity index (χ0v) is 13.0. The van der Waals surface area contributed by atoms with Gasteiger partial charge in [0.1, 0.15) is 0 Å². The molecule has 1 heterocycles. The van der Waals surface area contributed by atoms with Crippen LogP contribution in [0.2, 0.25) is 0 Å². The minimum absolute atomic E-state index is 0. The van der Waals surface area contributed by atoms with Crippen LogP contribution in [0.3, 0.4) is 0 Å². The van der Waals surface area contributed by atoms with Crippen molar-refractivity contribution in [2.75, 3.05) is 26.7 Å². The summed E-state index contributed by atoms with van der Waals surface area (Å²) < 4.78 is 0. The van der Waals surface area contributed by atoms with Gasteiger partial charge in [0.05, 0.1) is 6.04 Å². The first-order chi connectivity index (χ1) is 9.08. The second-order valence-corrected chi connectivity index (χ2v) is 5.46. The molecule has 112 valence electrons. The summed E-state index contributed by atoms with van der Waals surface area (Å²) in [6.07, 6.45) is 0.424. The van der Waals surface area contributed by atoms with Gasteiger partial charge in [0, 0.05) is 32.1 Å². The largest absolute Gasteiger partial charge is 0.333 e. The Bertz CT molecular complexity index is 424. The fourth-order valence-corrected chi connectivity index (χ4v) is 2.57. The smallest absolute Gasteiger partial charge is 0.224 e. The summed E-state index contributed by atoms with van der Waals surface area (Å²) in [5, 5.41) is 0. The molecule has 1 fully saturated rings. The van der Waals surface area contributed by atoms with Gasteiger partial charge >= 0.3 is 0 Å². The van der Waals surface area contributed by atoms with E-state index >= 15 is 0 Å². The van der Waals surface area contributed by atoms with E-state index in [0.29, 0.717) is 6.42 Å². The number of likely N-dealkylation sites (N-methyl/N-ethyl adjacent to an activating group) is 1. The van der Waals surface area contributed by atoms with Gasteiger partial charge in [0.25, 0.3) is 0 Å². The van der Waals surface area contributed by atoms with E-state index < -0.39 is 0 Å². The number of benzene rings is 1. The number of hydrogen-bond donors (Lipinski definition) is 1. The second-order valence-electron chi connectivity index (χ2n) is 5.46. The van der Waals surface area contributed by atoms with Crippen molar-refractivity contribution in [1.82, 2.24) is 9.80 Å². The molecular formula is C15H24ClN3O. The Labute approximate surface area is 127 Å².